The van der Waals surface area contributed by atoms with Crippen LogP contribution in [0.15, 0.2) is 24.5 Å². The van der Waals surface area contributed by atoms with Crippen LogP contribution in [0.3, 0.4) is 0 Å². The van der Waals surface area contributed by atoms with Gasteiger partial charge in [0.25, 0.3) is 0 Å². The van der Waals surface area contributed by atoms with Gasteiger partial charge in [0, 0.05) is 12.4 Å². The van der Waals surface area contributed by atoms with Gasteiger partial charge in [-0.25, -0.2) is 0 Å². The van der Waals surface area contributed by atoms with Crippen LogP contribution in [0.4, 0.5) is 0 Å². The number of nitrogens with zero attached hydrogens (tertiary/aromatic N) is 1. The first-order valence-electron chi connectivity index (χ1n) is 2.36. The molecule has 0 fully saturated rings. The topological polar surface area (TPSA) is 12.9 Å². The maximum atomic E-state index is 6.99. The third kappa shape index (κ3) is 1.16. The maximum absolute atomic E-state index is 6.99. The molecule has 0 spiro atoms. The maximum Gasteiger partial charge on any atom is 0.0639 e. The molecule has 0 bridgehead atoms. The van der Waals surface area contributed by atoms with Gasteiger partial charge in [-0.15, -0.1) is 0 Å². The lowest BCUT2D eigenvalue weighted by atomic mass is 10.5. The second-order valence-electron chi connectivity index (χ2n) is 1.10. The van der Waals surface area contributed by atoms with E-state index in [0.717, 1.165) is 0 Å². The van der Waals surface area contributed by atoms with Crippen LogP contribution < -0.4 is 0 Å². The second kappa shape index (κ2) is 1.94. The highest BCUT2D eigenvalue weighted by Crippen LogP contribution is 2.00. The fourth-order valence-electron chi connectivity index (χ4n) is 0.306. The number of halogens is 1. The molecule has 0 aliphatic carbocycles. The van der Waals surface area contributed by atoms with Gasteiger partial charge < -0.3 is 0 Å². The van der Waals surface area contributed by atoms with Crippen molar-refractivity contribution in [1.82, 2.24) is 4.98 Å². The van der Waals surface area contributed by atoms with E-state index in [4.69, 9.17) is 13.0 Å². The highest BCUT2D eigenvalue weighted by atomic mass is 35.5. The summed E-state index contributed by atoms with van der Waals surface area (Å²) in [5.74, 6) is 0. The molecule has 1 rings (SSSR count). The molecular weight excluding hydrogens is 110 g/mol. The predicted molar refractivity (Wildman–Crippen MR) is 29.2 cm³/mol. The Kier molecular flexibility index (Phi) is 0.953. The smallest absolute Gasteiger partial charge is 0.0639 e. The summed E-state index contributed by atoms with van der Waals surface area (Å²) in [5, 5.41) is 0.512. The van der Waals surface area contributed by atoms with Gasteiger partial charge in [-0.05, 0) is 12.1 Å². The van der Waals surface area contributed by atoms with Crippen molar-refractivity contribution in [3.63, 3.8) is 0 Å². The van der Waals surface area contributed by atoms with Crippen LogP contribution in [0, 0.1) is 0 Å². The Morgan fingerprint density at radius 2 is 2.71 bits per heavy atom. The molecule has 0 unspecified atom stereocenters. The van der Waals surface area contributed by atoms with E-state index in [1.165, 1.54) is 18.5 Å². The number of hydrogen-bond donors (Lipinski definition) is 0. The van der Waals surface area contributed by atoms with Crippen LogP contribution in [-0.4, -0.2) is 4.98 Å². The van der Waals surface area contributed by atoms with Crippen molar-refractivity contribution in [3.8, 4) is 0 Å². The summed E-state index contributed by atoms with van der Waals surface area (Å²) in [7, 11) is 0. The van der Waals surface area contributed by atoms with Gasteiger partial charge in [-0.2, -0.15) is 0 Å². The summed E-state index contributed by atoms with van der Waals surface area (Å²) in [4.78, 5) is 3.66. The Labute approximate surface area is 48.4 Å². The molecule has 7 heavy (non-hydrogen) atoms. The molecule has 0 aromatic carbocycles. The zero-order valence-electron chi connectivity index (χ0n) is 4.56. The number of aromatic nitrogens is 1. The summed E-state index contributed by atoms with van der Waals surface area (Å²) >= 11 is 5.46. The Morgan fingerprint density at radius 3 is 3.14 bits per heavy atom. The van der Waals surface area contributed by atoms with E-state index < -0.39 is 0 Å². The van der Waals surface area contributed by atoms with E-state index in [2.05, 4.69) is 4.98 Å². The van der Waals surface area contributed by atoms with Crippen molar-refractivity contribution in [3.05, 3.63) is 29.5 Å². The number of rotatable bonds is 0. The van der Waals surface area contributed by atoms with Crippen LogP contribution in [0.5, 0.6) is 0 Å². The monoisotopic (exact) mass is 114 g/mol. The molecule has 0 saturated heterocycles. The van der Waals surface area contributed by atoms with E-state index in [1.54, 1.807) is 0 Å². The van der Waals surface area contributed by atoms with Crippen molar-refractivity contribution in [2.75, 3.05) is 0 Å². The lowest BCUT2D eigenvalue weighted by Gasteiger charge is -1.79. The zero-order chi connectivity index (χ0) is 5.98. The van der Waals surface area contributed by atoms with Crippen LogP contribution in [-0.2, 0) is 0 Å². The van der Waals surface area contributed by atoms with Gasteiger partial charge >= 0.3 is 0 Å². The van der Waals surface area contributed by atoms with Crippen LogP contribution in [0.25, 0.3) is 0 Å². The molecule has 1 nitrogen and oxygen atoms in total. The average Bonchev–Trinajstić information content (AvgIpc) is 1.64. The summed E-state index contributed by atoms with van der Waals surface area (Å²) in [6.07, 6.45) is 2.94. The molecule has 0 aliphatic rings. The van der Waals surface area contributed by atoms with Gasteiger partial charge in [0.05, 0.1) is 6.39 Å². The summed E-state index contributed by atoms with van der Waals surface area (Å²) < 4.78 is 6.99. The van der Waals surface area contributed by atoms with Gasteiger partial charge in [0.15, 0.2) is 0 Å². The SMILES string of the molecule is [2H]c1cncc(Cl)c1. The van der Waals surface area contributed by atoms with Crippen molar-refractivity contribution in [1.29, 1.82) is 0 Å². The summed E-state index contributed by atoms with van der Waals surface area (Å²) in [5.41, 5.74) is 0. The molecule has 36 valence electrons. The first kappa shape index (κ1) is 3.44. The highest BCUT2D eigenvalue weighted by Gasteiger charge is 1.76. The first-order chi connectivity index (χ1) is 3.79. The van der Waals surface area contributed by atoms with Crippen molar-refractivity contribution >= 4 is 11.6 Å². The second-order valence-corrected chi connectivity index (χ2v) is 1.54. The molecule has 1 aromatic rings. The lowest BCUT2D eigenvalue weighted by Crippen LogP contribution is -1.64. The Morgan fingerprint density at radius 1 is 1.86 bits per heavy atom. The average molecular weight is 115 g/mol. The molecule has 1 heterocycles. The molecule has 0 aliphatic heterocycles. The Hall–Kier alpha value is -0.560. The Bertz CT molecular complexity index is 172. The van der Waals surface area contributed by atoms with Gasteiger partial charge in [-0.3, -0.25) is 4.98 Å². The molecule has 0 radical (unpaired) electrons. The van der Waals surface area contributed by atoms with E-state index in [0.29, 0.717) is 11.1 Å². The van der Waals surface area contributed by atoms with E-state index in [-0.39, 0.29) is 0 Å². The largest absolute Gasteiger partial charge is 0.263 e. The van der Waals surface area contributed by atoms with E-state index >= 15 is 0 Å². The summed E-state index contributed by atoms with van der Waals surface area (Å²) in [6, 6.07) is 1.88. The molecular formula is C5H4ClN. The van der Waals surface area contributed by atoms with Gasteiger partial charge in [0.2, 0.25) is 0 Å². The highest BCUT2D eigenvalue weighted by molar-refractivity contribution is 6.30. The van der Waals surface area contributed by atoms with Crippen LogP contribution in [0.2, 0.25) is 5.02 Å². The van der Waals surface area contributed by atoms with E-state index in [1.807, 2.05) is 0 Å². The third-order valence-corrected chi connectivity index (χ3v) is 0.775. The lowest BCUT2D eigenvalue weighted by molar-refractivity contribution is 1.33. The zero-order valence-corrected chi connectivity index (χ0v) is 4.31. The standard InChI is InChI=1S/C5H4ClN/c6-5-2-1-3-7-4-5/h1-4H/i1D. The normalized spacial score (nSPS) is 10.7. The Balaban J connectivity index is 3.08. The van der Waals surface area contributed by atoms with Crippen LogP contribution >= 0.6 is 11.6 Å². The minimum absolute atomic E-state index is 0.345. The van der Waals surface area contributed by atoms with Crippen molar-refractivity contribution < 1.29 is 1.37 Å². The fraction of sp³-hybridized carbons (Fsp3) is 0. The molecule has 0 saturated carbocycles. The first-order valence-corrected chi connectivity index (χ1v) is 2.24. The molecule has 0 atom stereocenters. The van der Waals surface area contributed by atoms with Gasteiger partial charge in [0.1, 0.15) is 0 Å². The third-order valence-electron chi connectivity index (χ3n) is 0.568. The molecule has 0 N–H and O–H groups in total. The quantitative estimate of drug-likeness (QED) is 0.501. The fourth-order valence-corrected chi connectivity index (χ4v) is 0.425. The molecule has 2 heteroatoms. The minimum atomic E-state index is 0.345. The van der Waals surface area contributed by atoms with Crippen LogP contribution in [0.1, 0.15) is 1.37 Å². The molecule has 0 amide bonds. The minimum Gasteiger partial charge on any atom is -0.263 e. The van der Waals surface area contributed by atoms with Crippen molar-refractivity contribution in [2.45, 2.75) is 0 Å². The predicted octanol–water partition coefficient (Wildman–Crippen LogP) is 1.73. The molecule has 1 aromatic heterocycles. The number of hydrogen-bond acceptors (Lipinski definition) is 1. The summed E-state index contributed by atoms with van der Waals surface area (Å²) in [6.45, 7) is 0. The van der Waals surface area contributed by atoms with Gasteiger partial charge in [-0.1, -0.05) is 11.6 Å². The van der Waals surface area contributed by atoms with E-state index in [9.17, 15) is 0 Å². The number of pyridine rings is 1. The van der Waals surface area contributed by atoms with Crippen molar-refractivity contribution in [2.24, 2.45) is 0 Å².